The molecule has 0 aliphatic carbocycles. The Morgan fingerprint density at radius 3 is 2.47 bits per heavy atom. The monoisotopic (exact) mass is 420 g/mol. The van der Waals surface area contributed by atoms with Crippen molar-refractivity contribution in [2.24, 2.45) is 10.7 Å². The van der Waals surface area contributed by atoms with Crippen LogP contribution in [0.1, 0.15) is 35.3 Å². The van der Waals surface area contributed by atoms with Crippen molar-refractivity contribution in [2.75, 3.05) is 13.2 Å². The molecule has 0 aliphatic rings. The fourth-order valence-corrected chi connectivity index (χ4v) is 2.66. The molecule has 0 saturated heterocycles. The number of guanidine groups is 1. The van der Waals surface area contributed by atoms with Gasteiger partial charge >= 0.3 is 6.61 Å². The Kier molecular flexibility index (Phi) is 8.86. The number of ether oxygens (including phenoxy) is 2. The highest BCUT2D eigenvalue weighted by Gasteiger charge is 2.16. The van der Waals surface area contributed by atoms with Gasteiger partial charge in [-0.3, -0.25) is 4.79 Å². The first-order chi connectivity index (χ1) is 14.4. The summed E-state index contributed by atoms with van der Waals surface area (Å²) in [6.07, 6.45) is 0. The number of nitrogens with two attached hydrogens (primary N) is 1. The second kappa shape index (κ2) is 11.6. The maximum atomic E-state index is 12.9. The highest BCUT2D eigenvalue weighted by atomic mass is 19.3. The summed E-state index contributed by atoms with van der Waals surface area (Å²) in [7, 11) is 0. The topological polar surface area (TPSA) is 98.0 Å². The zero-order chi connectivity index (χ0) is 21.9. The molecule has 1 amide bonds. The number of para-hydroxylation sites is 1. The molecule has 2 rings (SSSR count). The average molecular weight is 420 g/mol. The summed E-state index contributed by atoms with van der Waals surface area (Å²) in [6, 6.07) is 11.8. The Morgan fingerprint density at radius 2 is 1.87 bits per heavy atom. The van der Waals surface area contributed by atoms with Crippen LogP contribution in [-0.2, 0) is 13.1 Å². The number of halogens is 2. The summed E-state index contributed by atoms with van der Waals surface area (Å²) in [5.74, 6) is 0.269. The molecule has 0 spiro atoms. The second-order valence-electron chi connectivity index (χ2n) is 6.17. The standard InChI is InChI=1S/C21H26F2N4O3/c1-3-25-21(26-12-14-8-10-15(11-9-14)19(24)28)27-13-16-6-5-7-17(29-4-2)18(16)30-20(22)23/h5-11,20H,3-4,12-13H2,1-2H3,(H2,24,28)(H2,25,26,27). The Morgan fingerprint density at radius 1 is 1.13 bits per heavy atom. The number of hydrogen-bond donors (Lipinski definition) is 3. The van der Waals surface area contributed by atoms with E-state index in [1.54, 1.807) is 49.4 Å². The van der Waals surface area contributed by atoms with Crippen molar-refractivity contribution in [3.63, 3.8) is 0 Å². The van der Waals surface area contributed by atoms with Gasteiger partial charge in [0.25, 0.3) is 0 Å². The number of carbonyl (C=O) groups is 1. The quantitative estimate of drug-likeness (QED) is 0.405. The minimum atomic E-state index is -2.96. The number of aliphatic imine (C=N–C) groups is 1. The molecule has 30 heavy (non-hydrogen) atoms. The SMILES string of the molecule is CCNC(=NCc1ccc(C(N)=O)cc1)NCc1cccc(OCC)c1OC(F)F. The highest BCUT2D eigenvalue weighted by Crippen LogP contribution is 2.32. The molecule has 0 unspecified atom stereocenters. The van der Waals surface area contributed by atoms with Crippen molar-refractivity contribution in [3.05, 3.63) is 59.2 Å². The summed E-state index contributed by atoms with van der Waals surface area (Å²) in [5, 5.41) is 6.20. The van der Waals surface area contributed by atoms with Crippen LogP contribution in [0, 0.1) is 0 Å². The molecule has 0 heterocycles. The van der Waals surface area contributed by atoms with Crippen LogP contribution in [0.25, 0.3) is 0 Å². The number of nitrogens with zero attached hydrogens (tertiary/aromatic N) is 1. The van der Waals surface area contributed by atoms with E-state index >= 15 is 0 Å². The molecule has 2 aromatic carbocycles. The number of primary amides is 1. The van der Waals surface area contributed by atoms with Gasteiger partial charge in [-0.25, -0.2) is 4.99 Å². The number of nitrogens with one attached hydrogen (secondary N) is 2. The number of benzene rings is 2. The minimum Gasteiger partial charge on any atom is -0.490 e. The van der Waals surface area contributed by atoms with E-state index in [4.69, 9.17) is 10.5 Å². The van der Waals surface area contributed by atoms with Crippen molar-refractivity contribution in [3.8, 4) is 11.5 Å². The van der Waals surface area contributed by atoms with E-state index in [2.05, 4.69) is 20.4 Å². The van der Waals surface area contributed by atoms with Crippen LogP contribution >= 0.6 is 0 Å². The van der Waals surface area contributed by atoms with E-state index in [0.29, 0.717) is 36.8 Å². The molecule has 4 N–H and O–H groups in total. The van der Waals surface area contributed by atoms with Gasteiger partial charge in [-0.2, -0.15) is 8.78 Å². The van der Waals surface area contributed by atoms with Crippen molar-refractivity contribution < 1.29 is 23.0 Å². The largest absolute Gasteiger partial charge is 0.490 e. The number of hydrogen-bond acceptors (Lipinski definition) is 4. The first-order valence-electron chi connectivity index (χ1n) is 9.55. The molecule has 0 radical (unpaired) electrons. The Balaban J connectivity index is 2.12. The third-order valence-corrected chi connectivity index (χ3v) is 4.02. The predicted molar refractivity (Wildman–Crippen MR) is 111 cm³/mol. The maximum absolute atomic E-state index is 12.9. The molecule has 0 atom stereocenters. The van der Waals surface area contributed by atoms with Crippen LogP contribution in [-0.4, -0.2) is 31.6 Å². The third-order valence-electron chi connectivity index (χ3n) is 4.02. The summed E-state index contributed by atoms with van der Waals surface area (Å²) < 4.78 is 35.8. The zero-order valence-corrected chi connectivity index (χ0v) is 17.0. The lowest BCUT2D eigenvalue weighted by molar-refractivity contribution is -0.0520. The van der Waals surface area contributed by atoms with E-state index < -0.39 is 12.5 Å². The van der Waals surface area contributed by atoms with Gasteiger partial charge in [0.2, 0.25) is 5.91 Å². The van der Waals surface area contributed by atoms with Gasteiger partial charge < -0.3 is 25.8 Å². The number of alkyl halides is 2. The molecular weight excluding hydrogens is 394 g/mol. The third kappa shape index (κ3) is 6.91. The van der Waals surface area contributed by atoms with E-state index in [-0.39, 0.29) is 18.0 Å². The minimum absolute atomic E-state index is 0.000242. The number of carbonyl (C=O) groups excluding carboxylic acids is 1. The highest BCUT2D eigenvalue weighted by molar-refractivity contribution is 5.92. The van der Waals surface area contributed by atoms with Gasteiger partial charge in [0, 0.05) is 24.2 Å². The Labute approximate surface area is 174 Å². The smallest absolute Gasteiger partial charge is 0.387 e. The normalized spacial score (nSPS) is 11.3. The van der Waals surface area contributed by atoms with Crippen LogP contribution in [0.4, 0.5) is 8.78 Å². The van der Waals surface area contributed by atoms with Crippen LogP contribution < -0.4 is 25.8 Å². The van der Waals surface area contributed by atoms with Gasteiger partial charge in [-0.05, 0) is 37.6 Å². The van der Waals surface area contributed by atoms with Crippen molar-refractivity contribution in [1.29, 1.82) is 0 Å². The van der Waals surface area contributed by atoms with Crippen LogP contribution in [0.2, 0.25) is 0 Å². The molecule has 7 nitrogen and oxygen atoms in total. The van der Waals surface area contributed by atoms with E-state index in [9.17, 15) is 13.6 Å². The molecule has 9 heteroatoms. The average Bonchev–Trinajstić information content (AvgIpc) is 2.72. The van der Waals surface area contributed by atoms with E-state index in [0.717, 1.165) is 5.56 Å². The summed E-state index contributed by atoms with van der Waals surface area (Å²) in [6.45, 7) is 2.23. The molecule has 2 aromatic rings. The van der Waals surface area contributed by atoms with Gasteiger partial charge in [0.1, 0.15) is 0 Å². The first kappa shape index (κ1) is 22.9. The fraction of sp³-hybridized carbons (Fsp3) is 0.333. The Bertz CT molecular complexity index is 858. The van der Waals surface area contributed by atoms with Crippen molar-refractivity contribution >= 4 is 11.9 Å². The molecular formula is C21H26F2N4O3. The van der Waals surface area contributed by atoms with Crippen LogP contribution in [0.5, 0.6) is 11.5 Å². The lowest BCUT2D eigenvalue weighted by atomic mass is 10.1. The fourth-order valence-electron chi connectivity index (χ4n) is 2.66. The van der Waals surface area contributed by atoms with E-state index in [1.807, 2.05) is 6.92 Å². The molecule has 162 valence electrons. The lowest BCUT2D eigenvalue weighted by Gasteiger charge is -2.17. The van der Waals surface area contributed by atoms with E-state index in [1.165, 1.54) is 0 Å². The molecule has 0 fully saturated rings. The van der Waals surface area contributed by atoms with Crippen LogP contribution in [0.3, 0.4) is 0 Å². The second-order valence-corrected chi connectivity index (χ2v) is 6.17. The van der Waals surface area contributed by atoms with Gasteiger partial charge in [0.05, 0.1) is 13.2 Å². The molecule has 0 aliphatic heterocycles. The van der Waals surface area contributed by atoms with Crippen LogP contribution in [0.15, 0.2) is 47.5 Å². The first-order valence-corrected chi connectivity index (χ1v) is 9.55. The van der Waals surface area contributed by atoms with Crippen molar-refractivity contribution in [2.45, 2.75) is 33.5 Å². The number of rotatable bonds is 10. The molecule has 0 aromatic heterocycles. The maximum Gasteiger partial charge on any atom is 0.387 e. The predicted octanol–water partition coefficient (Wildman–Crippen LogP) is 3.04. The van der Waals surface area contributed by atoms with Crippen molar-refractivity contribution in [1.82, 2.24) is 10.6 Å². The van der Waals surface area contributed by atoms with Gasteiger partial charge in [-0.15, -0.1) is 0 Å². The molecule has 0 bridgehead atoms. The van der Waals surface area contributed by atoms with Gasteiger partial charge in [0.15, 0.2) is 17.5 Å². The molecule has 0 saturated carbocycles. The summed E-state index contributed by atoms with van der Waals surface area (Å²) in [4.78, 5) is 15.6. The summed E-state index contributed by atoms with van der Waals surface area (Å²) in [5.41, 5.74) is 7.06. The number of amides is 1. The zero-order valence-electron chi connectivity index (χ0n) is 17.0. The Hall–Kier alpha value is -3.36. The van der Waals surface area contributed by atoms with Gasteiger partial charge in [-0.1, -0.05) is 24.3 Å². The summed E-state index contributed by atoms with van der Waals surface area (Å²) >= 11 is 0. The lowest BCUT2D eigenvalue weighted by Crippen LogP contribution is -2.36.